The van der Waals surface area contributed by atoms with Crippen LogP contribution >= 0.6 is 0 Å². The summed E-state index contributed by atoms with van der Waals surface area (Å²) in [6, 6.07) is 16.3. The fourth-order valence-corrected chi connectivity index (χ4v) is 6.23. The number of nitrogens with zero attached hydrogens (tertiary/aromatic N) is 4. The molecular formula is C33H31F3N4O2. The predicted octanol–water partition coefficient (Wildman–Crippen LogP) is 8.32. The second-order valence-corrected chi connectivity index (χ2v) is 11.8. The highest BCUT2D eigenvalue weighted by molar-refractivity contribution is 5.95. The zero-order valence-corrected chi connectivity index (χ0v) is 23.5. The predicted molar refractivity (Wildman–Crippen MR) is 156 cm³/mol. The fraction of sp³-hybridized carbons (Fsp3) is 0.364. The molecule has 1 aromatic heterocycles. The average molecular weight is 573 g/mol. The van der Waals surface area contributed by atoms with Crippen molar-refractivity contribution in [2.45, 2.75) is 45.2 Å². The lowest BCUT2D eigenvalue weighted by molar-refractivity contribution is -0.137. The van der Waals surface area contributed by atoms with Crippen molar-refractivity contribution >= 4 is 28.4 Å². The first kappa shape index (κ1) is 27.8. The molecule has 42 heavy (non-hydrogen) atoms. The number of rotatable bonds is 4. The molecule has 0 N–H and O–H groups in total. The number of hydrogen-bond donors (Lipinski definition) is 0. The van der Waals surface area contributed by atoms with Crippen LogP contribution in [0.2, 0.25) is 0 Å². The summed E-state index contributed by atoms with van der Waals surface area (Å²) in [7, 11) is 0. The van der Waals surface area contributed by atoms with Crippen LogP contribution < -0.4 is 4.90 Å². The molecule has 2 aliphatic rings. The maximum absolute atomic E-state index is 13.4. The van der Waals surface area contributed by atoms with Crippen molar-refractivity contribution in [3.05, 3.63) is 88.8 Å². The van der Waals surface area contributed by atoms with Crippen LogP contribution in [0.3, 0.4) is 0 Å². The number of oxazole rings is 1. The Morgan fingerprint density at radius 2 is 1.74 bits per heavy atom. The average Bonchev–Trinajstić information content (AvgIpc) is 3.61. The van der Waals surface area contributed by atoms with Gasteiger partial charge < -0.3 is 14.2 Å². The first-order valence-corrected chi connectivity index (χ1v) is 14.2. The molecule has 216 valence electrons. The second kappa shape index (κ2) is 10.5. The van der Waals surface area contributed by atoms with E-state index in [2.05, 4.69) is 9.83 Å². The zero-order valence-electron chi connectivity index (χ0n) is 23.5. The largest absolute Gasteiger partial charge is 0.436 e. The summed E-state index contributed by atoms with van der Waals surface area (Å²) in [5, 5.41) is 0. The Balaban J connectivity index is 1.12. The number of alkyl halides is 3. The van der Waals surface area contributed by atoms with Crippen molar-refractivity contribution in [3.8, 4) is 11.5 Å². The normalized spacial score (nSPS) is 16.9. The Morgan fingerprint density at radius 3 is 2.40 bits per heavy atom. The van der Waals surface area contributed by atoms with Crippen LogP contribution in [-0.4, -0.2) is 42.0 Å². The van der Waals surface area contributed by atoms with Crippen LogP contribution in [0.25, 0.3) is 27.4 Å². The number of halogens is 3. The molecule has 9 heteroatoms. The third-order valence-electron chi connectivity index (χ3n) is 8.72. The molecule has 0 saturated carbocycles. The fourth-order valence-electron chi connectivity index (χ4n) is 6.23. The molecule has 0 aliphatic carbocycles. The molecule has 2 fully saturated rings. The van der Waals surface area contributed by atoms with Gasteiger partial charge in [-0.25, -0.2) is 9.83 Å². The third kappa shape index (κ3) is 5.22. The number of hydrogen-bond acceptors (Lipinski definition) is 4. The van der Waals surface area contributed by atoms with Crippen LogP contribution in [-0.2, 0) is 6.18 Å². The number of likely N-dealkylation sites (tertiary alicyclic amines) is 1. The molecule has 3 aromatic carbocycles. The summed E-state index contributed by atoms with van der Waals surface area (Å²) in [5.41, 5.74) is 4.08. The third-order valence-corrected chi connectivity index (χ3v) is 8.72. The molecule has 2 saturated heterocycles. The number of carbonyl (C=O) groups is 1. The summed E-state index contributed by atoms with van der Waals surface area (Å²) in [4.78, 5) is 25.5. The Kier molecular flexibility index (Phi) is 6.96. The highest BCUT2D eigenvalue weighted by Gasteiger charge is 2.42. The van der Waals surface area contributed by atoms with Crippen LogP contribution in [0.15, 0.2) is 65.1 Å². The number of amides is 1. The Bertz CT molecular complexity index is 1680. The molecule has 1 amide bonds. The molecular weight excluding hydrogens is 541 g/mol. The smallest absolute Gasteiger partial charge is 0.416 e. The number of anilines is 1. The van der Waals surface area contributed by atoms with Gasteiger partial charge in [-0.15, -0.1) is 0 Å². The van der Waals surface area contributed by atoms with Crippen LogP contribution in [0.4, 0.5) is 24.5 Å². The van der Waals surface area contributed by atoms with Crippen molar-refractivity contribution in [1.82, 2.24) is 9.88 Å². The first-order chi connectivity index (χ1) is 20.0. The summed E-state index contributed by atoms with van der Waals surface area (Å²) < 4.78 is 45.7. The Morgan fingerprint density at radius 1 is 1.02 bits per heavy atom. The van der Waals surface area contributed by atoms with E-state index in [0.717, 1.165) is 36.5 Å². The molecule has 0 atom stereocenters. The van der Waals surface area contributed by atoms with Crippen LogP contribution in [0, 0.1) is 12.0 Å². The monoisotopic (exact) mass is 572 g/mol. The molecule has 6 nitrogen and oxygen atoms in total. The van der Waals surface area contributed by atoms with E-state index in [4.69, 9.17) is 11.0 Å². The van der Waals surface area contributed by atoms with Gasteiger partial charge in [-0.1, -0.05) is 19.9 Å². The standard InChI is InChI=1S/C33H31F3N4O2/c1-21(2)27-18-25(37-3)19-28-29(27)42-30(38-28)22-7-9-23(10-8-22)31(41)40-16-13-32(20-40)11-14-39(15-12-32)26-6-4-5-24(17-26)33(34,35)36/h4-10,17-19,21H,11-16,20H2,1-2H3. The van der Waals surface area contributed by atoms with Gasteiger partial charge in [0.1, 0.15) is 0 Å². The quantitative estimate of drug-likeness (QED) is 0.231. The maximum Gasteiger partial charge on any atom is 0.416 e. The van der Waals surface area contributed by atoms with Crippen molar-refractivity contribution in [2.24, 2.45) is 5.41 Å². The molecule has 6 rings (SSSR count). The van der Waals surface area contributed by atoms with Gasteiger partial charge in [0.2, 0.25) is 5.89 Å². The molecule has 0 radical (unpaired) electrons. The molecule has 1 spiro atoms. The molecule has 3 heterocycles. The number of fused-ring (bicyclic) bond motifs is 1. The van der Waals surface area contributed by atoms with Gasteiger partial charge >= 0.3 is 6.18 Å². The van der Waals surface area contributed by atoms with Crippen molar-refractivity contribution < 1.29 is 22.4 Å². The topological polar surface area (TPSA) is 53.9 Å². The minimum Gasteiger partial charge on any atom is -0.436 e. The van der Waals surface area contributed by atoms with E-state index in [9.17, 15) is 18.0 Å². The van der Waals surface area contributed by atoms with Crippen molar-refractivity contribution in [1.29, 1.82) is 0 Å². The van der Waals surface area contributed by atoms with E-state index in [1.165, 1.54) is 12.1 Å². The summed E-state index contributed by atoms with van der Waals surface area (Å²) >= 11 is 0. The molecule has 4 aromatic rings. The second-order valence-electron chi connectivity index (χ2n) is 11.8. The molecule has 0 bridgehead atoms. The summed E-state index contributed by atoms with van der Waals surface area (Å²) in [6.07, 6.45) is -1.81. The van der Waals surface area contributed by atoms with Gasteiger partial charge in [-0.2, -0.15) is 13.2 Å². The van der Waals surface area contributed by atoms with E-state index >= 15 is 0 Å². The minimum atomic E-state index is -4.36. The lowest BCUT2D eigenvalue weighted by atomic mass is 9.77. The molecule has 0 unspecified atom stereocenters. The number of aromatic nitrogens is 1. The lowest BCUT2D eigenvalue weighted by Gasteiger charge is -2.40. The van der Waals surface area contributed by atoms with Gasteiger partial charge in [-0.3, -0.25) is 4.79 Å². The van der Waals surface area contributed by atoms with Crippen molar-refractivity contribution in [2.75, 3.05) is 31.1 Å². The van der Waals surface area contributed by atoms with Gasteiger partial charge in [0.15, 0.2) is 11.3 Å². The van der Waals surface area contributed by atoms with Crippen LogP contribution in [0.1, 0.15) is 60.5 Å². The van der Waals surface area contributed by atoms with Gasteiger partial charge in [0.25, 0.3) is 5.91 Å². The minimum absolute atomic E-state index is 0.00968. The van der Waals surface area contributed by atoms with E-state index in [-0.39, 0.29) is 17.2 Å². The highest BCUT2D eigenvalue weighted by atomic mass is 19.4. The van der Waals surface area contributed by atoms with Gasteiger partial charge in [0.05, 0.1) is 17.7 Å². The SMILES string of the molecule is [C-]#[N+]c1cc(C(C)C)c2oc(-c3ccc(C(=O)N4CCC5(CCN(c6cccc(C(F)(F)F)c6)CC5)C4)cc3)nc2c1. The van der Waals surface area contributed by atoms with Crippen LogP contribution in [0.5, 0.6) is 0 Å². The summed E-state index contributed by atoms with van der Waals surface area (Å²) in [6.45, 7) is 14.1. The number of carbonyl (C=O) groups excluding carboxylic acids is 1. The highest BCUT2D eigenvalue weighted by Crippen LogP contribution is 2.42. The Hall–Kier alpha value is -4.32. The van der Waals surface area contributed by atoms with Crippen molar-refractivity contribution in [3.63, 3.8) is 0 Å². The molecule has 2 aliphatic heterocycles. The first-order valence-electron chi connectivity index (χ1n) is 14.2. The number of piperidine rings is 1. The number of benzene rings is 3. The zero-order chi connectivity index (χ0) is 29.6. The Labute approximate surface area is 242 Å². The van der Waals surface area contributed by atoms with E-state index in [0.29, 0.717) is 60.1 Å². The lowest BCUT2D eigenvalue weighted by Crippen LogP contribution is -2.42. The maximum atomic E-state index is 13.4. The van der Waals surface area contributed by atoms with E-state index in [1.807, 2.05) is 41.8 Å². The summed E-state index contributed by atoms with van der Waals surface area (Å²) in [5.74, 6) is 0.590. The van der Waals surface area contributed by atoms with Gasteiger partial charge in [0, 0.05) is 43.0 Å². The van der Waals surface area contributed by atoms with E-state index < -0.39 is 11.7 Å². The van der Waals surface area contributed by atoms with Gasteiger partial charge in [-0.05, 0) is 90.8 Å². The van der Waals surface area contributed by atoms with E-state index in [1.54, 1.807) is 24.3 Å².